The highest BCUT2D eigenvalue weighted by molar-refractivity contribution is 7.89. The summed E-state index contributed by atoms with van der Waals surface area (Å²) >= 11 is 6.17. The van der Waals surface area contributed by atoms with Crippen molar-refractivity contribution in [2.75, 3.05) is 11.9 Å². The van der Waals surface area contributed by atoms with Crippen LogP contribution in [0.5, 0.6) is 5.75 Å². The number of carbonyl (C=O) groups is 1. The Hall–Kier alpha value is -2.87. The molecule has 2 N–H and O–H groups in total. The average Bonchev–Trinajstić information content (AvgIpc) is 2.77. The summed E-state index contributed by atoms with van der Waals surface area (Å²) in [4.78, 5) is 13.1. The molecule has 3 aromatic carbocycles. The van der Waals surface area contributed by atoms with E-state index >= 15 is 0 Å². The molecule has 1 atom stereocenters. The van der Waals surface area contributed by atoms with Crippen molar-refractivity contribution in [1.82, 2.24) is 4.72 Å². The largest absolute Gasteiger partial charge is 0.492 e. The lowest BCUT2D eigenvalue weighted by molar-refractivity contribution is -0.117. The Morgan fingerprint density at radius 1 is 1.03 bits per heavy atom. The molecule has 0 aliphatic carbocycles. The first kappa shape index (κ1) is 23.8. The summed E-state index contributed by atoms with van der Waals surface area (Å²) in [6, 6.07) is 19.7. The molecule has 0 aromatic heterocycles. The van der Waals surface area contributed by atoms with E-state index in [0.29, 0.717) is 18.0 Å². The van der Waals surface area contributed by atoms with Gasteiger partial charge in [0.15, 0.2) is 0 Å². The highest BCUT2D eigenvalue weighted by atomic mass is 35.5. The summed E-state index contributed by atoms with van der Waals surface area (Å²) in [6.07, 6.45) is 0.183. The van der Waals surface area contributed by atoms with Gasteiger partial charge in [-0.25, -0.2) is 8.42 Å². The molecule has 0 saturated carbocycles. The third-order valence-electron chi connectivity index (χ3n) is 4.81. The van der Waals surface area contributed by atoms with Gasteiger partial charge in [0.1, 0.15) is 11.8 Å². The van der Waals surface area contributed by atoms with Crippen LogP contribution in [0, 0.1) is 6.92 Å². The second kappa shape index (κ2) is 10.6. The number of rotatable bonds is 9. The van der Waals surface area contributed by atoms with Gasteiger partial charge in [0.05, 0.1) is 16.5 Å². The third-order valence-corrected chi connectivity index (χ3v) is 6.58. The van der Waals surface area contributed by atoms with Crippen molar-refractivity contribution in [3.63, 3.8) is 0 Å². The lowest BCUT2D eigenvalue weighted by Gasteiger charge is -2.20. The number of sulfonamides is 1. The number of ether oxygens (including phenoxy) is 1. The number of hydrogen-bond acceptors (Lipinski definition) is 4. The number of benzene rings is 3. The van der Waals surface area contributed by atoms with Gasteiger partial charge in [-0.3, -0.25) is 4.79 Å². The highest BCUT2D eigenvalue weighted by Gasteiger charge is 2.27. The molecule has 0 aliphatic rings. The first-order valence-corrected chi connectivity index (χ1v) is 12.0. The minimum atomic E-state index is -4.03. The Morgan fingerprint density at radius 2 is 1.72 bits per heavy atom. The zero-order valence-corrected chi connectivity index (χ0v) is 19.4. The van der Waals surface area contributed by atoms with Gasteiger partial charge in [0, 0.05) is 5.69 Å². The number of anilines is 1. The van der Waals surface area contributed by atoms with E-state index in [-0.39, 0.29) is 16.3 Å². The summed E-state index contributed by atoms with van der Waals surface area (Å²) in [6.45, 7) is 4.08. The van der Waals surface area contributed by atoms with Crippen LogP contribution in [0.25, 0.3) is 0 Å². The molecule has 3 aromatic rings. The Balaban J connectivity index is 1.88. The maximum absolute atomic E-state index is 13.1. The van der Waals surface area contributed by atoms with Gasteiger partial charge in [-0.15, -0.1) is 0 Å². The molecule has 0 unspecified atom stereocenters. The molecule has 0 saturated heterocycles. The van der Waals surface area contributed by atoms with E-state index < -0.39 is 22.0 Å². The molecular formula is C24H25ClN2O4S. The van der Waals surface area contributed by atoms with Crippen molar-refractivity contribution < 1.29 is 17.9 Å². The lowest BCUT2D eigenvalue weighted by Crippen LogP contribution is -2.45. The molecule has 6 nitrogen and oxygen atoms in total. The van der Waals surface area contributed by atoms with Crippen LogP contribution >= 0.6 is 11.6 Å². The first-order valence-electron chi connectivity index (χ1n) is 10.1. The Morgan fingerprint density at radius 3 is 2.38 bits per heavy atom. The fraction of sp³-hybridized carbons (Fsp3) is 0.208. The monoisotopic (exact) mass is 472 g/mol. The van der Waals surface area contributed by atoms with Crippen LogP contribution in [0.3, 0.4) is 0 Å². The van der Waals surface area contributed by atoms with Gasteiger partial charge in [-0.05, 0) is 55.7 Å². The topological polar surface area (TPSA) is 84.5 Å². The molecular weight excluding hydrogens is 448 g/mol. The second-order valence-electron chi connectivity index (χ2n) is 7.19. The van der Waals surface area contributed by atoms with E-state index in [9.17, 15) is 13.2 Å². The molecule has 168 valence electrons. The molecule has 0 spiro atoms. The summed E-state index contributed by atoms with van der Waals surface area (Å²) in [5.41, 5.74) is 2.32. The van der Waals surface area contributed by atoms with Crippen LogP contribution in [0.15, 0.2) is 77.7 Å². The second-order valence-corrected chi connectivity index (χ2v) is 9.31. The van der Waals surface area contributed by atoms with Crippen LogP contribution in [-0.2, 0) is 21.2 Å². The van der Waals surface area contributed by atoms with Crippen LogP contribution in [-0.4, -0.2) is 27.0 Å². The molecule has 0 aliphatic heterocycles. The van der Waals surface area contributed by atoms with Crippen molar-refractivity contribution in [3.8, 4) is 5.75 Å². The SMILES string of the molecule is CCOc1ccc(S(=O)(=O)N[C@H](Cc2ccccc2)C(=O)Nc2ccccc2C)cc1Cl. The normalized spacial score (nSPS) is 12.2. The molecule has 0 fully saturated rings. The van der Waals surface area contributed by atoms with Crippen LogP contribution in [0.4, 0.5) is 5.69 Å². The predicted octanol–water partition coefficient (Wildman–Crippen LogP) is 4.58. The number of halogens is 1. The molecule has 0 radical (unpaired) electrons. The Labute approximate surface area is 193 Å². The van der Waals surface area contributed by atoms with Gasteiger partial charge in [-0.2, -0.15) is 4.72 Å². The first-order chi connectivity index (χ1) is 15.3. The molecule has 8 heteroatoms. The van der Waals surface area contributed by atoms with Gasteiger partial charge in [0.25, 0.3) is 0 Å². The number of nitrogens with one attached hydrogen (secondary N) is 2. The van der Waals surface area contributed by atoms with E-state index in [2.05, 4.69) is 10.0 Å². The van der Waals surface area contributed by atoms with Crippen molar-refractivity contribution in [3.05, 3.63) is 88.9 Å². The summed E-state index contributed by atoms with van der Waals surface area (Å²) in [5.74, 6) is -0.0602. The van der Waals surface area contributed by atoms with Crippen LogP contribution < -0.4 is 14.8 Å². The maximum Gasteiger partial charge on any atom is 0.242 e. The van der Waals surface area contributed by atoms with Crippen molar-refractivity contribution in [1.29, 1.82) is 0 Å². The van der Waals surface area contributed by atoms with E-state index in [1.807, 2.05) is 56.3 Å². The van der Waals surface area contributed by atoms with Crippen molar-refractivity contribution in [2.45, 2.75) is 31.2 Å². The van der Waals surface area contributed by atoms with Crippen molar-refractivity contribution in [2.24, 2.45) is 0 Å². The van der Waals surface area contributed by atoms with Gasteiger partial charge in [0.2, 0.25) is 15.9 Å². The minimum absolute atomic E-state index is 0.0484. The smallest absolute Gasteiger partial charge is 0.242 e. The standard InChI is InChI=1S/C24H25ClN2O4S/c1-3-31-23-14-13-19(16-20(23)25)32(29,30)27-22(15-18-10-5-4-6-11-18)24(28)26-21-12-8-7-9-17(21)2/h4-14,16,22,27H,3,15H2,1-2H3,(H,26,28)/t22-/m1/s1. The summed E-state index contributed by atoms with van der Waals surface area (Å²) < 4.78 is 34.1. The van der Waals surface area contributed by atoms with E-state index in [1.165, 1.54) is 18.2 Å². The van der Waals surface area contributed by atoms with E-state index in [4.69, 9.17) is 16.3 Å². The third kappa shape index (κ3) is 6.09. The average molecular weight is 473 g/mol. The fourth-order valence-corrected chi connectivity index (χ4v) is 4.67. The van der Waals surface area contributed by atoms with Gasteiger partial charge < -0.3 is 10.1 Å². The number of hydrogen-bond donors (Lipinski definition) is 2. The Bertz CT molecular complexity index is 1180. The van der Waals surface area contributed by atoms with Gasteiger partial charge >= 0.3 is 0 Å². The molecule has 3 rings (SSSR count). The minimum Gasteiger partial charge on any atom is -0.492 e. The van der Waals surface area contributed by atoms with Crippen LogP contribution in [0.2, 0.25) is 5.02 Å². The van der Waals surface area contributed by atoms with Gasteiger partial charge in [-0.1, -0.05) is 60.1 Å². The highest BCUT2D eigenvalue weighted by Crippen LogP contribution is 2.27. The fourth-order valence-electron chi connectivity index (χ4n) is 3.15. The Kier molecular flexibility index (Phi) is 7.90. The number of carbonyl (C=O) groups excluding carboxylic acids is 1. The molecule has 0 bridgehead atoms. The van der Waals surface area contributed by atoms with E-state index in [0.717, 1.165) is 11.1 Å². The number of aryl methyl sites for hydroxylation is 1. The lowest BCUT2D eigenvalue weighted by atomic mass is 10.1. The molecule has 32 heavy (non-hydrogen) atoms. The maximum atomic E-state index is 13.1. The molecule has 0 heterocycles. The summed E-state index contributed by atoms with van der Waals surface area (Å²) in [7, 11) is -4.03. The van der Waals surface area contributed by atoms with Crippen LogP contribution in [0.1, 0.15) is 18.1 Å². The summed E-state index contributed by atoms with van der Waals surface area (Å²) in [5, 5.41) is 3.01. The number of amides is 1. The quantitative estimate of drug-likeness (QED) is 0.477. The van der Waals surface area contributed by atoms with E-state index in [1.54, 1.807) is 12.1 Å². The van der Waals surface area contributed by atoms with Crippen molar-refractivity contribution >= 4 is 33.2 Å². The molecule has 1 amide bonds. The predicted molar refractivity (Wildman–Crippen MR) is 127 cm³/mol. The zero-order chi connectivity index (χ0) is 23.1. The zero-order valence-electron chi connectivity index (χ0n) is 17.8. The number of para-hydroxylation sites is 1.